The number of nitrogens with two attached hydrogens (primary N) is 1. The molecule has 106 valence electrons. The van der Waals surface area contributed by atoms with Gasteiger partial charge in [0.1, 0.15) is 0 Å². The summed E-state index contributed by atoms with van der Waals surface area (Å²) in [5, 5.41) is 2.30. The van der Waals surface area contributed by atoms with Crippen LogP contribution >= 0.6 is 0 Å². The molecular weight excluding hydrogens is 236 g/mol. The van der Waals surface area contributed by atoms with Gasteiger partial charge >= 0.3 is 0 Å². The molecule has 1 aliphatic rings. The van der Waals surface area contributed by atoms with Crippen molar-refractivity contribution in [3.8, 4) is 0 Å². The van der Waals surface area contributed by atoms with Crippen LogP contribution in [0.1, 0.15) is 22.7 Å². The van der Waals surface area contributed by atoms with E-state index >= 15 is 0 Å². The molecule has 3 N–H and O–H groups in total. The van der Waals surface area contributed by atoms with Crippen molar-refractivity contribution in [1.29, 1.82) is 0 Å². The van der Waals surface area contributed by atoms with Crippen molar-refractivity contribution in [2.24, 2.45) is 5.73 Å². The van der Waals surface area contributed by atoms with Gasteiger partial charge in [0.2, 0.25) is 0 Å². The van der Waals surface area contributed by atoms with Crippen LogP contribution in [0.25, 0.3) is 0 Å². The van der Waals surface area contributed by atoms with Crippen molar-refractivity contribution in [3.05, 3.63) is 34.9 Å². The van der Waals surface area contributed by atoms with E-state index < -0.39 is 0 Å². The molecule has 1 atom stereocenters. The second kappa shape index (κ2) is 6.48. The van der Waals surface area contributed by atoms with Crippen LogP contribution in [-0.2, 0) is 0 Å². The van der Waals surface area contributed by atoms with Gasteiger partial charge in [0.25, 0.3) is 0 Å². The summed E-state index contributed by atoms with van der Waals surface area (Å²) < 4.78 is 0. The van der Waals surface area contributed by atoms with Crippen molar-refractivity contribution >= 4 is 0 Å². The SMILES string of the molecule is Cc1cc(C)cc(C(CN)NN2CCN(C)CC2)c1. The van der Waals surface area contributed by atoms with Gasteiger partial charge in [0.15, 0.2) is 0 Å². The Morgan fingerprint density at radius 2 is 1.68 bits per heavy atom. The number of hydrogen-bond donors (Lipinski definition) is 2. The highest BCUT2D eigenvalue weighted by Crippen LogP contribution is 2.17. The normalized spacial score (nSPS) is 19.6. The van der Waals surface area contributed by atoms with Crippen molar-refractivity contribution in [2.45, 2.75) is 19.9 Å². The lowest BCUT2D eigenvalue weighted by atomic mass is 10.0. The second-order valence-electron chi connectivity index (χ2n) is 5.63. The molecular formula is C15H26N4. The van der Waals surface area contributed by atoms with Crippen LogP contribution in [-0.4, -0.2) is 49.7 Å². The van der Waals surface area contributed by atoms with E-state index in [0.717, 1.165) is 26.2 Å². The quantitative estimate of drug-likeness (QED) is 0.851. The number of hydrazine groups is 1. The van der Waals surface area contributed by atoms with Crippen molar-refractivity contribution in [1.82, 2.24) is 15.3 Å². The fourth-order valence-electron chi connectivity index (χ4n) is 2.63. The van der Waals surface area contributed by atoms with E-state index in [2.05, 4.69) is 54.4 Å². The van der Waals surface area contributed by atoms with Gasteiger partial charge in [-0.1, -0.05) is 29.3 Å². The predicted molar refractivity (Wildman–Crippen MR) is 79.9 cm³/mol. The molecule has 0 radical (unpaired) electrons. The van der Waals surface area contributed by atoms with Crippen molar-refractivity contribution < 1.29 is 0 Å². The lowest BCUT2D eigenvalue weighted by Gasteiger charge is -2.35. The molecule has 1 fully saturated rings. The van der Waals surface area contributed by atoms with Gasteiger partial charge in [-0.2, -0.15) is 0 Å². The molecule has 1 unspecified atom stereocenters. The van der Waals surface area contributed by atoms with Crippen molar-refractivity contribution in [2.75, 3.05) is 39.8 Å². The van der Waals surface area contributed by atoms with Crippen LogP contribution < -0.4 is 11.2 Å². The smallest absolute Gasteiger partial charge is 0.0587 e. The second-order valence-corrected chi connectivity index (χ2v) is 5.63. The lowest BCUT2D eigenvalue weighted by molar-refractivity contribution is 0.0880. The Balaban J connectivity index is 2.03. The summed E-state index contributed by atoms with van der Waals surface area (Å²) >= 11 is 0. The number of nitrogens with zero attached hydrogens (tertiary/aromatic N) is 2. The number of nitrogens with one attached hydrogen (secondary N) is 1. The first-order valence-corrected chi connectivity index (χ1v) is 7.06. The van der Waals surface area contributed by atoms with E-state index in [1.165, 1.54) is 16.7 Å². The number of rotatable bonds is 4. The minimum absolute atomic E-state index is 0.210. The van der Waals surface area contributed by atoms with E-state index in [4.69, 9.17) is 5.73 Å². The zero-order valence-electron chi connectivity index (χ0n) is 12.3. The van der Waals surface area contributed by atoms with Crippen LogP contribution in [0.3, 0.4) is 0 Å². The average Bonchev–Trinajstić information content (AvgIpc) is 2.37. The summed E-state index contributed by atoms with van der Waals surface area (Å²) in [6, 6.07) is 6.87. The number of piperazine rings is 1. The highest BCUT2D eigenvalue weighted by Gasteiger charge is 2.18. The maximum Gasteiger partial charge on any atom is 0.0587 e. The molecule has 1 aliphatic heterocycles. The van der Waals surface area contributed by atoms with Gasteiger partial charge in [-0.3, -0.25) is 0 Å². The molecule has 4 nitrogen and oxygen atoms in total. The average molecular weight is 262 g/mol. The summed E-state index contributed by atoms with van der Waals surface area (Å²) in [6.07, 6.45) is 0. The molecule has 1 saturated heterocycles. The highest BCUT2D eigenvalue weighted by molar-refractivity contribution is 5.30. The van der Waals surface area contributed by atoms with E-state index in [1.54, 1.807) is 0 Å². The minimum Gasteiger partial charge on any atom is -0.329 e. The Hall–Kier alpha value is -0.940. The number of aryl methyl sites for hydroxylation is 2. The van der Waals surface area contributed by atoms with E-state index in [1.807, 2.05) is 0 Å². The largest absolute Gasteiger partial charge is 0.329 e. The van der Waals surface area contributed by atoms with Gasteiger partial charge < -0.3 is 10.6 Å². The Labute approximate surface area is 116 Å². The van der Waals surface area contributed by atoms with E-state index in [9.17, 15) is 0 Å². The maximum absolute atomic E-state index is 5.95. The third-order valence-electron chi connectivity index (χ3n) is 3.72. The van der Waals surface area contributed by atoms with Gasteiger partial charge in [-0.15, -0.1) is 0 Å². The van der Waals surface area contributed by atoms with Crippen LogP contribution in [0.4, 0.5) is 0 Å². The molecule has 0 amide bonds. The zero-order chi connectivity index (χ0) is 13.8. The first-order chi connectivity index (χ1) is 9.08. The third kappa shape index (κ3) is 4.01. The zero-order valence-corrected chi connectivity index (χ0v) is 12.3. The predicted octanol–water partition coefficient (Wildman–Crippen LogP) is 1.06. The fraction of sp³-hybridized carbons (Fsp3) is 0.600. The molecule has 0 bridgehead atoms. The van der Waals surface area contributed by atoms with Crippen molar-refractivity contribution in [3.63, 3.8) is 0 Å². The summed E-state index contributed by atoms with van der Waals surface area (Å²) in [5.74, 6) is 0. The van der Waals surface area contributed by atoms with Gasteiger partial charge in [0.05, 0.1) is 6.04 Å². The Kier molecular flexibility index (Phi) is 4.93. The van der Waals surface area contributed by atoms with Crippen LogP contribution in [0.2, 0.25) is 0 Å². The Morgan fingerprint density at radius 3 is 2.21 bits per heavy atom. The molecule has 0 aromatic heterocycles. The van der Waals surface area contributed by atoms with E-state index in [0.29, 0.717) is 6.54 Å². The molecule has 1 heterocycles. The molecule has 2 rings (SSSR count). The van der Waals surface area contributed by atoms with Crippen LogP contribution in [0.5, 0.6) is 0 Å². The summed E-state index contributed by atoms with van der Waals surface area (Å²) in [7, 11) is 2.17. The molecule has 19 heavy (non-hydrogen) atoms. The van der Waals surface area contributed by atoms with Crippen LogP contribution in [0.15, 0.2) is 18.2 Å². The molecule has 0 spiro atoms. The maximum atomic E-state index is 5.95. The van der Waals surface area contributed by atoms with Gasteiger partial charge in [-0.05, 0) is 26.5 Å². The molecule has 0 aliphatic carbocycles. The third-order valence-corrected chi connectivity index (χ3v) is 3.72. The number of benzene rings is 1. The lowest BCUT2D eigenvalue weighted by Crippen LogP contribution is -2.52. The summed E-state index contributed by atoms with van der Waals surface area (Å²) in [6.45, 7) is 9.22. The Bertz CT molecular complexity index is 390. The summed E-state index contributed by atoms with van der Waals surface area (Å²) in [5.41, 5.74) is 13.4. The first-order valence-electron chi connectivity index (χ1n) is 7.06. The standard InChI is InChI=1S/C15H26N4/c1-12-8-13(2)10-14(9-12)15(11-16)17-19-6-4-18(3)5-7-19/h8-10,15,17H,4-7,11,16H2,1-3H3. The molecule has 0 saturated carbocycles. The van der Waals surface area contributed by atoms with Crippen LogP contribution in [0, 0.1) is 13.8 Å². The molecule has 4 heteroatoms. The molecule has 1 aromatic carbocycles. The Morgan fingerprint density at radius 1 is 1.11 bits per heavy atom. The first kappa shape index (κ1) is 14.5. The number of hydrogen-bond acceptors (Lipinski definition) is 4. The number of likely N-dealkylation sites (N-methyl/N-ethyl adjacent to an activating group) is 1. The highest BCUT2D eigenvalue weighted by atomic mass is 15.5. The molecule has 1 aromatic rings. The van der Waals surface area contributed by atoms with Gasteiger partial charge in [0, 0.05) is 32.7 Å². The van der Waals surface area contributed by atoms with Gasteiger partial charge in [-0.25, -0.2) is 10.4 Å². The topological polar surface area (TPSA) is 44.5 Å². The monoisotopic (exact) mass is 262 g/mol. The fourth-order valence-corrected chi connectivity index (χ4v) is 2.63. The van der Waals surface area contributed by atoms with E-state index in [-0.39, 0.29) is 6.04 Å². The summed E-state index contributed by atoms with van der Waals surface area (Å²) in [4.78, 5) is 2.35. The minimum atomic E-state index is 0.210.